The summed E-state index contributed by atoms with van der Waals surface area (Å²) in [7, 11) is 0. The lowest BCUT2D eigenvalue weighted by Crippen LogP contribution is -2.32. The number of hydrogen-bond donors (Lipinski definition) is 1. The van der Waals surface area contributed by atoms with Gasteiger partial charge in [-0.25, -0.2) is 4.90 Å². The molecular weight excluding hydrogens is 298 g/mol. The minimum atomic E-state index is -0.0856. The third-order valence-electron chi connectivity index (χ3n) is 3.78. The van der Waals surface area contributed by atoms with Gasteiger partial charge in [-0.3, -0.25) is 9.79 Å². The zero-order valence-corrected chi connectivity index (χ0v) is 14.0. The lowest BCUT2D eigenvalue weighted by atomic mass is 10.2. The number of guanidine groups is 1. The van der Waals surface area contributed by atoms with Gasteiger partial charge in [0.1, 0.15) is 5.70 Å². The first kappa shape index (κ1) is 16.0. The average Bonchev–Trinajstić information content (AvgIpc) is 2.90. The zero-order chi connectivity index (χ0) is 16.9. The van der Waals surface area contributed by atoms with E-state index < -0.39 is 0 Å². The van der Waals surface area contributed by atoms with Crippen LogP contribution in [0.1, 0.15) is 24.5 Å². The molecule has 2 aromatic carbocycles. The summed E-state index contributed by atoms with van der Waals surface area (Å²) in [5, 5.41) is 3.17. The molecule has 0 saturated carbocycles. The lowest BCUT2D eigenvalue weighted by molar-refractivity contribution is -0.113. The molecule has 0 bridgehead atoms. The Balaban J connectivity index is 1.97. The number of carbonyl (C=O) groups excluding carboxylic acids is 1. The molecule has 0 aromatic heterocycles. The summed E-state index contributed by atoms with van der Waals surface area (Å²) in [5.41, 5.74) is 3.50. The van der Waals surface area contributed by atoms with E-state index >= 15 is 0 Å². The first-order valence-corrected chi connectivity index (χ1v) is 8.18. The van der Waals surface area contributed by atoms with Gasteiger partial charge < -0.3 is 5.32 Å². The van der Waals surface area contributed by atoms with E-state index in [1.54, 1.807) is 4.90 Å². The molecule has 0 radical (unpaired) electrons. The summed E-state index contributed by atoms with van der Waals surface area (Å²) in [5.74, 6) is 0.505. The maximum atomic E-state index is 12.9. The minimum Gasteiger partial charge on any atom is -0.321 e. The number of rotatable bonds is 4. The van der Waals surface area contributed by atoms with E-state index in [1.807, 2.05) is 67.6 Å². The summed E-state index contributed by atoms with van der Waals surface area (Å²) < 4.78 is 0. The Hall–Kier alpha value is -2.88. The van der Waals surface area contributed by atoms with E-state index in [1.165, 1.54) is 0 Å². The summed E-state index contributed by atoms with van der Waals surface area (Å²) in [6, 6.07) is 17.7. The number of aryl methyl sites for hydroxylation is 1. The number of benzene rings is 2. The molecular formula is C20H21N3O. The van der Waals surface area contributed by atoms with Crippen molar-refractivity contribution in [2.45, 2.75) is 20.3 Å². The fourth-order valence-electron chi connectivity index (χ4n) is 2.52. The van der Waals surface area contributed by atoms with Gasteiger partial charge in [-0.15, -0.1) is 0 Å². The van der Waals surface area contributed by atoms with Gasteiger partial charge in [0.25, 0.3) is 5.91 Å². The summed E-state index contributed by atoms with van der Waals surface area (Å²) in [6.07, 6.45) is 2.79. The predicted octanol–water partition coefficient (Wildman–Crippen LogP) is 3.74. The molecule has 1 aliphatic heterocycles. The standard InChI is InChI=1S/C20H21N3O/c1-3-13-21-20-22-18(14-16-7-5-4-6-8-16)19(24)23(20)17-11-9-15(2)10-12-17/h4-12,14H,3,13H2,1-2H3,(H,21,22). The van der Waals surface area contributed by atoms with Crippen molar-refractivity contribution >= 4 is 23.6 Å². The summed E-state index contributed by atoms with van der Waals surface area (Å²) >= 11 is 0. The van der Waals surface area contributed by atoms with Crippen LogP contribution in [-0.2, 0) is 4.79 Å². The first-order valence-electron chi connectivity index (χ1n) is 8.18. The van der Waals surface area contributed by atoms with Gasteiger partial charge in [0, 0.05) is 6.54 Å². The second kappa shape index (κ2) is 7.13. The van der Waals surface area contributed by atoms with Gasteiger partial charge in [0.05, 0.1) is 5.69 Å². The SMILES string of the molecule is CCCN=C1NC(=Cc2ccccc2)C(=O)N1c1ccc(C)cc1. The maximum absolute atomic E-state index is 12.9. The highest BCUT2D eigenvalue weighted by Gasteiger charge is 2.32. The quantitative estimate of drug-likeness (QED) is 0.873. The summed E-state index contributed by atoms with van der Waals surface area (Å²) in [4.78, 5) is 19.1. The first-order chi connectivity index (χ1) is 11.7. The third-order valence-corrected chi connectivity index (χ3v) is 3.78. The van der Waals surface area contributed by atoms with Gasteiger partial charge in [-0.05, 0) is 37.1 Å². The molecule has 1 saturated heterocycles. The highest BCUT2D eigenvalue weighted by Crippen LogP contribution is 2.23. The molecule has 0 aliphatic carbocycles. The molecule has 122 valence electrons. The molecule has 1 heterocycles. The third kappa shape index (κ3) is 3.38. The summed E-state index contributed by atoms with van der Waals surface area (Å²) in [6.45, 7) is 4.77. The van der Waals surface area contributed by atoms with E-state index in [4.69, 9.17) is 0 Å². The van der Waals surface area contributed by atoms with Crippen molar-refractivity contribution in [2.24, 2.45) is 4.99 Å². The van der Waals surface area contributed by atoms with Crippen molar-refractivity contribution in [3.05, 3.63) is 71.4 Å². The second-order valence-electron chi connectivity index (χ2n) is 5.78. The van der Waals surface area contributed by atoms with Crippen molar-refractivity contribution in [3.8, 4) is 0 Å². The molecule has 1 aliphatic rings. The largest absolute Gasteiger partial charge is 0.321 e. The van der Waals surface area contributed by atoms with Crippen LogP contribution in [-0.4, -0.2) is 18.4 Å². The Morgan fingerprint density at radius 3 is 2.46 bits per heavy atom. The molecule has 1 N–H and O–H groups in total. The lowest BCUT2D eigenvalue weighted by Gasteiger charge is -2.15. The van der Waals surface area contributed by atoms with Gasteiger partial charge >= 0.3 is 0 Å². The molecule has 0 spiro atoms. The number of carbonyl (C=O) groups is 1. The smallest absolute Gasteiger partial charge is 0.281 e. The Kier molecular flexibility index (Phi) is 4.75. The average molecular weight is 319 g/mol. The van der Waals surface area contributed by atoms with E-state index in [2.05, 4.69) is 17.2 Å². The second-order valence-corrected chi connectivity index (χ2v) is 5.78. The molecule has 0 unspecified atom stereocenters. The van der Waals surface area contributed by atoms with Crippen LogP contribution in [0.15, 0.2) is 65.3 Å². The maximum Gasteiger partial charge on any atom is 0.281 e. The van der Waals surface area contributed by atoms with E-state index in [9.17, 15) is 4.79 Å². The van der Waals surface area contributed by atoms with E-state index in [-0.39, 0.29) is 5.91 Å². The van der Waals surface area contributed by atoms with Crippen LogP contribution >= 0.6 is 0 Å². The Bertz CT molecular complexity index is 776. The molecule has 2 aromatic rings. The van der Waals surface area contributed by atoms with Crippen LogP contribution in [0.4, 0.5) is 5.69 Å². The van der Waals surface area contributed by atoms with Crippen LogP contribution in [0.2, 0.25) is 0 Å². The van der Waals surface area contributed by atoms with Crippen molar-refractivity contribution in [3.63, 3.8) is 0 Å². The van der Waals surface area contributed by atoms with E-state index in [0.717, 1.165) is 23.2 Å². The van der Waals surface area contributed by atoms with Gasteiger partial charge in [0.15, 0.2) is 0 Å². The number of aliphatic imine (C=N–C) groups is 1. The topological polar surface area (TPSA) is 44.7 Å². The number of hydrogen-bond acceptors (Lipinski definition) is 2. The Morgan fingerprint density at radius 2 is 1.79 bits per heavy atom. The fraction of sp³-hybridized carbons (Fsp3) is 0.200. The fourth-order valence-corrected chi connectivity index (χ4v) is 2.52. The molecule has 4 heteroatoms. The van der Waals surface area contributed by atoms with Gasteiger partial charge in [0.2, 0.25) is 5.96 Å². The normalized spacial score (nSPS) is 17.6. The number of nitrogens with zero attached hydrogens (tertiary/aromatic N) is 2. The molecule has 24 heavy (non-hydrogen) atoms. The Labute approximate surface area is 142 Å². The molecule has 0 atom stereocenters. The predicted molar refractivity (Wildman–Crippen MR) is 98.8 cm³/mol. The van der Waals surface area contributed by atoms with E-state index in [0.29, 0.717) is 18.2 Å². The molecule has 4 nitrogen and oxygen atoms in total. The van der Waals surface area contributed by atoms with Crippen LogP contribution in [0.25, 0.3) is 6.08 Å². The van der Waals surface area contributed by atoms with Crippen molar-refractivity contribution in [1.82, 2.24) is 5.32 Å². The number of nitrogens with one attached hydrogen (secondary N) is 1. The highest BCUT2D eigenvalue weighted by atomic mass is 16.2. The molecule has 1 fully saturated rings. The van der Waals surface area contributed by atoms with Gasteiger partial charge in [-0.2, -0.15) is 0 Å². The van der Waals surface area contributed by atoms with Crippen molar-refractivity contribution in [2.75, 3.05) is 11.4 Å². The Morgan fingerprint density at radius 1 is 1.08 bits per heavy atom. The van der Waals surface area contributed by atoms with Crippen LogP contribution in [0, 0.1) is 6.92 Å². The van der Waals surface area contributed by atoms with Gasteiger partial charge in [-0.1, -0.05) is 55.0 Å². The van der Waals surface area contributed by atoms with Crippen LogP contribution < -0.4 is 10.2 Å². The van der Waals surface area contributed by atoms with Crippen LogP contribution in [0.3, 0.4) is 0 Å². The zero-order valence-electron chi connectivity index (χ0n) is 14.0. The number of amides is 1. The van der Waals surface area contributed by atoms with Crippen LogP contribution in [0.5, 0.6) is 0 Å². The monoisotopic (exact) mass is 319 g/mol. The highest BCUT2D eigenvalue weighted by molar-refractivity contribution is 6.29. The van der Waals surface area contributed by atoms with Crippen molar-refractivity contribution in [1.29, 1.82) is 0 Å². The molecule has 3 rings (SSSR count). The van der Waals surface area contributed by atoms with Crippen molar-refractivity contribution < 1.29 is 4.79 Å². The minimum absolute atomic E-state index is 0.0856. The number of anilines is 1. The molecule has 1 amide bonds.